The molecule has 1 heterocycles. The molecule has 4 rings (SSSR count). The standard InChI is InChI=1S/C26H25N3O2/c1-31-23-11-5-10-22(17-23)25-18-24(28-29-25)20-12-14-21(15-13-20)26(30)27-16-6-9-19-7-3-2-4-8-19/h2-5,7-8,10-15,17-18H,6,9,16H2,1H3,(H,27,30)(H,28,29). The van der Waals surface area contributed by atoms with E-state index >= 15 is 0 Å². The first-order valence-corrected chi connectivity index (χ1v) is 10.4. The minimum atomic E-state index is -0.0544. The summed E-state index contributed by atoms with van der Waals surface area (Å²) in [5.41, 5.74) is 5.63. The molecule has 1 aromatic heterocycles. The van der Waals surface area contributed by atoms with E-state index in [1.807, 2.05) is 72.8 Å². The number of aromatic nitrogens is 2. The van der Waals surface area contributed by atoms with Gasteiger partial charge in [0.05, 0.1) is 18.5 Å². The van der Waals surface area contributed by atoms with Crippen LogP contribution < -0.4 is 10.1 Å². The van der Waals surface area contributed by atoms with Gasteiger partial charge in [-0.1, -0.05) is 54.6 Å². The van der Waals surface area contributed by atoms with E-state index in [0.29, 0.717) is 12.1 Å². The highest BCUT2D eigenvalue weighted by atomic mass is 16.5. The Kier molecular flexibility index (Phi) is 6.43. The molecule has 5 nitrogen and oxygen atoms in total. The van der Waals surface area contributed by atoms with Gasteiger partial charge in [-0.3, -0.25) is 9.89 Å². The topological polar surface area (TPSA) is 67.0 Å². The molecule has 0 bridgehead atoms. The van der Waals surface area contributed by atoms with Gasteiger partial charge >= 0.3 is 0 Å². The van der Waals surface area contributed by atoms with Gasteiger partial charge in [-0.2, -0.15) is 5.10 Å². The molecular formula is C26H25N3O2. The van der Waals surface area contributed by atoms with Crippen molar-refractivity contribution in [2.75, 3.05) is 13.7 Å². The van der Waals surface area contributed by atoms with Crippen LogP contribution in [0.2, 0.25) is 0 Å². The van der Waals surface area contributed by atoms with Crippen LogP contribution in [0.15, 0.2) is 84.9 Å². The van der Waals surface area contributed by atoms with Gasteiger partial charge in [0.15, 0.2) is 0 Å². The van der Waals surface area contributed by atoms with E-state index in [4.69, 9.17) is 4.74 Å². The first kappa shape index (κ1) is 20.4. The molecule has 1 amide bonds. The Labute approximate surface area is 182 Å². The maximum absolute atomic E-state index is 12.4. The van der Waals surface area contributed by atoms with E-state index < -0.39 is 0 Å². The maximum Gasteiger partial charge on any atom is 0.251 e. The van der Waals surface area contributed by atoms with Gasteiger partial charge in [0.1, 0.15) is 5.75 Å². The minimum Gasteiger partial charge on any atom is -0.497 e. The van der Waals surface area contributed by atoms with Crippen LogP contribution in [0.1, 0.15) is 22.3 Å². The molecule has 156 valence electrons. The van der Waals surface area contributed by atoms with Crippen molar-refractivity contribution in [1.29, 1.82) is 0 Å². The summed E-state index contributed by atoms with van der Waals surface area (Å²) in [6, 6.07) is 27.6. The molecule has 0 unspecified atom stereocenters. The maximum atomic E-state index is 12.4. The van der Waals surface area contributed by atoms with Crippen molar-refractivity contribution in [3.8, 4) is 28.3 Å². The van der Waals surface area contributed by atoms with Crippen LogP contribution >= 0.6 is 0 Å². The number of amides is 1. The van der Waals surface area contributed by atoms with Gasteiger partial charge in [0, 0.05) is 17.7 Å². The van der Waals surface area contributed by atoms with Crippen LogP contribution in [-0.2, 0) is 6.42 Å². The summed E-state index contributed by atoms with van der Waals surface area (Å²) in [6.45, 7) is 0.653. The highest BCUT2D eigenvalue weighted by Crippen LogP contribution is 2.26. The molecule has 31 heavy (non-hydrogen) atoms. The molecule has 0 aliphatic heterocycles. The van der Waals surface area contributed by atoms with Gasteiger partial charge in [-0.15, -0.1) is 0 Å². The smallest absolute Gasteiger partial charge is 0.251 e. The molecule has 0 aliphatic carbocycles. The molecule has 0 fully saturated rings. The molecule has 0 saturated heterocycles. The fourth-order valence-corrected chi connectivity index (χ4v) is 3.44. The number of ether oxygens (including phenoxy) is 1. The Morgan fingerprint density at radius 1 is 0.935 bits per heavy atom. The van der Waals surface area contributed by atoms with E-state index in [-0.39, 0.29) is 5.91 Å². The lowest BCUT2D eigenvalue weighted by atomic mass is 10.1. The Hall–Kier alpha value is -3.86. The number of rotatable bonds is 8. The van der Waals surface area contributed by atoms with Gasteiger partial charge in [0.2, 0.25) is 0 Å². The average Bonchev–Trinajstić information content (AvgIpc) is 3.33. The highest BCUT2D eigenvalue weighted by molar-refractivity contribution is 5.94. The number of nitrogens with zero attached hydrogens (tertiary/aromatic N) is 1. The van der Waals surface area contributed by atoms with E-state index in [0.717, 1.165) is 41.1 Å². The summed E-state index contributed by atoms with van der Waals surface area (Å²) in [5.74, 6) is 0.738. The fraction of sp³-hybridized carbons (Fsp3) is 0.154. The molecule has 0 saturated carbocycles. The van der Waals surface area contributed by atoms with Crippen LogP contribution in [-0.4, -0.2) is 29.8 Å². The van der Waals surface area contributed by atoms with Crippen molar-refractivity contribution in [3.63, 3.8) is 0 Å². The van der Waals surface area contributed by atoms with Crippen LogP contribution in [0.5, 0.6) is 5.75 Å². The first-order valence-electron chi connectivity index (χ1n) is 10.4. The van der Waals surface area contributed by atoms with Gasteiger partial charge in [0.25, 0.3) is 5.91 Å². The van der Waals surface area contributed by atoms with Crippen molar-refractivity contribution >= 4 is 5.91 Å². The summed E-state index contributed by atoms with van der Waals surface area (Å²) in [7, 11) is 1.65. The average molecular weight is 412 g/mol. The summed E-state index contributed by atoms with van der Waals surface area (Å²) >= 11 is 0. The number of nitrogens with one attached hydrogen (secondary N) is 2. The van der Waals surface area contributed by atoms with Crippen LogP contribution in [0.4, 0.5) is 0 Å². The second kappa shape index (κ2) is 9.76. The Morgan fingerprint density at radius 3 is 2.52 bits per heavy atom. The number of aromatic amines is 1. The zero-order valence-electron chi connectivity index (χ0n) is 17.5. The van der Waals surface area contributed by atoms with Crippen LogP contribution in [0.3, 0.4) is 0 Å². The predicted molar refractivity (Wildman–Crippen MR) is 123 cm³/mol. The number of hydrogen-bond donors (Lipinski definition) is 2. The van der Waals surface area contributed by atoms with Crippen molar-refractivity contribution < 1.29 is 9.53 Å². The third-order valence-electron chi connectivity index (χ3n) is 5.17. The quantitative estimate of drug-likeness (QED) is 0.396. The molecule has 0 radical (unpaired) electrons. The van der Waals surface area contributed by atoms with Gasteiger partial charge in [-0.25, -0.2) is 0 Å². The fourth-order valence-electron chi connectivity index (χ4n) is 3.44. The molecule has 4 aromatic rings. The monoisotopic (exact) mass is 411 g/mol. The largest absolute Gasteiger partial charge is 0.497 e. The number of carbonyl (C=O) groups excluding carboxylic acids is 1. The Bertz CT molecular complexity index is 1130. The normalized spacial score (nSPS) is 10.6. The first-order chi connectivity index (χ1) is 15.2. The molecule has 5 heteroatoms. The zero-order chi connectivity index (χ0) is 21.5. The second-order valence-electron chi connectivity index (χ2n) is 7.32. The van der Waals surface area contributed by atoms with Gasteiger partial charge < -0.3 is 10.1 Å². The molecule has 0 aliphatic rings. The molecular weight excluding hydrogens is 386 g/mol. The summed E-state index contributed by atoms with van der Waals surface area (Å²) < 4.78 is 5.29. The number of carbonyl (C=O) groups is 1. The van der Waals surface area contributed by atoms with E-state index in [1.165, 1.54) is 5.56 Å². The predicted octanol–water partition coefficient (Wildman–Crippen LogP) is 5.11. The number of hydrogen-bond acceptors (Lipinski definition) is 3. The lowest BCUT2D eigenvalue weighted by Crippen LogP contribution is -2.24. The third-order valence-corrected chi connectivity index (χ3v) is 5.17. The number of benzene rings is 3. The molecule has 2 N–H and O–H groups in total. The lowest BCUT2D eigenvalue weighted by Gasteiger charge is -2.06. The van der Waals surface area contributed by atoms with Crippen molar-refractivity contribution in [1.82, 2.24) is 15.5 Å². The number of H-pyrrole nitrogens is 1. The Morgan fingerprint density at radius 2 is 1.74 bits per heavy atom. The SMILES string of the molecule is COc1cccc(-c2cc(-c3ccc(C(=O)NCCCc4ccccc4)cc3)[nH]n2)c1. The molecule has 3 aromatic carbocycles. The van der Waals surface area contributed by atoms with Crippen molar-refractivity contribution in [2.45, 2.75) is 12.8 Å². The molecule has 0 atom stereocenters. The van der Waals surface area contributed by atoms with Crippen LogP contribution in [0, 0.1) is 0 Å². The summed E-state index contributed by atoms with van der Waals surface area (Å²) in [6.07, 6.45) is 1.87. The summed E-state index contributed by atoms with van der Waals surface area (Å²) in [4.78, 5) is 12.4. The van der Waals surface area contributed by atoms with Crippen molar-refractivity contribution in [2.24, 2.45) is 0 Å². The van der Waals surface area contributed by atoms with E-state index in [2.05, 4.69) is 27.6 Å². The number of methoxy groups -OCH3 is 1. The van der Waals surface area contributed by atoms with Gasteiger partial charge in [-0.05, 0) is 54.3 Å². The van der Waals surface area contributed by atoms with E-state index in [9.17, 15) is 4.79 Å². The van der Waals surface area contributed by atoms with E-state index in [1.54, 1.807) is 7.11 Å². The van der Waals surface area contributed by atoms with Crippen LogP contribution in [0.25, 0.3) is 22.5 Å². The Balaban J connectivity index is 1.34. The van der Waals surface area contributed by atoms with Crippen molar-refractivity contribution in [3.05, 3.63) is 96.1 Å². The molecule has 0 spiro atoms. The second-order valence-corrected chi connectivity index (χ2v) is 7.32. The minimum absolute atomic E-state index is 0.0544. The zero-order valence-corrected chi connectivity index (χ0v) is 17.5. The summed E-state index contributed by atoms with van der Waals surface area (Å²) in [5, 5.41) is 10.5. The lowest BCUT2D eigenvalue weighted by molar-refractivity contribution is 0.0953. The highest BCUT2D eigenvalue weighted by Gasteiger charge is 2.09. The number of aryl methyl sites for hydroxylation is 1. The third kappa shape index (κ3) is 5.20.